The number of amides is 2. The maximum absolute atomic E-state index is 13.2. The van der Waals surface area contributed by atoms with Gasteiger partial charge in [-0.05, 0) is 24.6 Å². The SMILES string of the molecule is COc1ccccc1C(=O)NC(Cc1ccccc1)C(=O)Nc1nnc(-c2ccc(C)cc2)s1. The molecular formula is C26H24N4O3S. The number of nitrogens with zero attached hydrogens (tertiary/aromatic N) is 2. The average Bonchev–Trinajstić information content (AvgIpc) is 3.33. The van der Waals surface area contributed by atoms with E-state index < -0.39 is 11.9 Å². The van der Waals surface area contributed by atoms with E-state index >= 15 is 0 Å². The second-order valence-electron chi connectivity index (χ2n) is 7.68. The van der Waals surface area contributed by atoms with Gasteiger partial charge in [0.05, 0.1) is 12.7 Å². The van der Waals surface area contributed by atoms with Crippen molar-refractivity contribution in [3.8, 4) is 16.3 Å². The lowest BCUT2D eigenvalue weighted by atomic mass is 10.0. The molecule has 34 heavy (non-hydrogen) atoms. The number of aromatic nitrogens is 2. The third kappa shape index (κ3) is 5.65. The molecule has 1 aromatic heterocycles. The third-order valence-corrected chi connectivity index (χ3v) is 6.10. The van der Waals surface area contributed by atoms with Crippen LogP contribution >= 0.6 is 11.3 Å². The number of para-hydroxylation sites is 1. The Bertz CT molecular complexity index is 1270. The van der Waals surface area contributed by atoms with Gasteiger partial charge in [0, 0.05) is 12.0 Å². The van der Waals surface area contributed by atoms with Gasteiger partial charge >= 0.3 is 0 Å². The summed E-state index contributed by atoms with van der Waals surface area (Å²) in [5.41, 5.74) is 3.35. The predicted octanol–water partition coefficient (Wildman–Crippen LogP) is 4.50. The van der Waals surface area contributed by atoms with E-state index in [1.165, 1.54) is 18.4 Å². The number of anilines is 1. The number of hydrogen-bond donors (Lipinski definition) is 2. The normalized spacial score (nSPS) is 11.5. The van der Waals surface area contributed by atoms with E-state index in [2.05, 4.69) is 20.8 Å². The fourth-order valence-electron chi connectivity index (χ4n) is 3.41. The van der Waals surface area contributed by atoms with Gasteiger partial charge in [-0.3, -0.25) is 14.9 Å². The highest BCUT2D eigenvalue weighted by atomic mass is 32.1. The third-order valence-electron chi connectivity index (χ3n) is 5.21. The van der Waals surface area contributed by atoms with E-state index in [1.807, 2.05) is 61.5 Å². The van der Waals surface area contributed by atoms with Crippen molar-refractivity contribution in [2.24, 2.45) is 0 Å². The molecule has 0 saturated carbocycles. The molecular weight excluding hydrogens is 448 g/mol. The molecule has 0 spiro atoms. The Morgan fingerprint density at radius 1 is 0.941 bits per heavy atom. The van der Waals surface area contributed by atoms with E-state index in [1.54, 1.807) is 24.3 Å². The molecule has 7 nitrogen and oxygen atoms in total. The number of hydrogen-bond acceptors (Lipinski definition) is 6. The Balaban J connectivity index is 1.53. The fraction of sp³-hybridized carbons (Fsp3) is 0.154. The summed E-state index contributed by atoms with van der Waals surface area (Å²) in [4.78, 5) is 26.2. The molecule has 1 heterocycles. The molecule has 8 heteroatoms. The molecule has 0 saturated heterocycles. The maximum Gasteiger partial charge on any atom is 0.255 e. The number of methoxy groups -OCH3 is 1. The quantitative estimate of drug-likeness (QED) is 0.394. The minimum absolute atomic E-state index is 0.317. The Morgan fingerprint density at radius 3 is 2.38 bits per heavy atom. The zero-order chi connectivity index (χ0) is 23.9. The highest BCUT2D eigenvalue weighted by molar-refractivity contribution is 7.18. The van der Waals surface area contributed by atoms with Crippen LogP contribution < -0.4 is 15.4 Å². The van der Waals surface area contributed by atoms with Crippen LogP contribution in [0, 0.1) is 6.92 Å². The van der Waals surface area contributed by atoms with Gasteiger partial charge in [0.1, 0.15) is 16.8 Å². The van der Waals surface area contributed by atoms with Gasteiger partial charge in [0.25, 0.3) is 5.91 Å². The van der Waals surface area contributed by atoms with Crippen LogP contribution in [0.2, 0.25) is 0 Å². The molecule has 4 aromatic rings. The fourth-order valence-corrected chi connectivity index (χ4v) is 4.16. The van der Waals surface area contributed by atoms with Gasteiger partial charge in [-0.15, -0.1) is 10.2 Å². The van der Waals surface area contributed by atoms with E-state index in [4.69, 9.17) is 4.74 Å². The van der Waals surface area contributed by atoms with E-state index in [9.17, 15) is 9.59 Å². The minimum Gasteiger partial charge on any atom is -0.496 e. The summed E-state index contributed by atoms with van der Waals surface area (Å²) in [6.07, 6.45) is 0.317. The number of carbonyl (C=O) groups is 2. The van der Waals surface area contributed by atoms with Crippen molar-refractivity contribution in [1.82, 2.24) is 15.5 Å². The lowest BCUT2D eigenvalue weighted by molar-refractivity contribution is -0.118. The van der Waals surface area contributed by atoms with E-state index in [0.717, 1.165) is 16.7 Å². The van der Waals surface area contributed by atoms with Crippen molar-refractivity contribution >= 4 is 28.3 Å². The molecule has 0 aliphatic heterocycles. The molecule has 3 aromatic carbocycles. The van der Waals surface area contributed by atoms with Crippen LogP contribution in [-0.4, -0.2) is 35.2 Å². The summed E-state index contributed by atoms with van der Waals surface area (Å²) >= 11 is 1.28. The summed E-state index contributed by atoms with van der Waals surface area (Å²) in [5, 5.41) is 15.0. The molecule has 1 unspecified atom stereocenters. The van der Waals surface area contributed by atoms with Crippen LogP contribution in [0.5, 0.6) is 5.75 Å². The summed E-state index contributed by atoms with van der Waals surface area (Å²) in [6.45, 7) is 2.02. The number of benzene rings is 3. The molecule has 4 rings (SSSR count). The molecule has 0 fully saturated rings. The summed E-state index contributed by atoms with van der Waals surface area (Å²) in [6, 6.07) is 23.5. The summed E-state index contributed by atoms with van der Waals surface area (Å²) in [5.74, 6) is -0.337. The topological polar surface area (TPSA) is 93.2 Å². The maximum atomic E-state index is 13.2. The Morgan fingerprint density at radius 2 is 1.65 bits per heavy atom. The lowest BCUT2D eigenvalue weighted by Gasteiger charge is -2.18. The standard InChI is InChI=1S/C26H24N4O3S/c1-17-12-14-19(15-13-17)25-29-30-26(34-25)28-24(32)21(16-18-8-4-3-5-9-18)27-23(31)20-10-6-7-11-22(20)33-2/h3-15,21H,16H2,1-2H3,(H,27,31)(H,28,30,32). The second kappa shape index (κ2) is 10.7. The second-order valence-corrected chi connectivity index (χ2v) is 8.66. The van der Waals surface area contributed by atoms with Crippen LogP contribution in [0.1, 0.15) is 21.5 Å². The van der Waals surface area contributed by atoms with E-state index in [0.29, 0.717) is 27.9 Å². The first-order chi connectivity index (χ1) is 16.5. The van der Waals surface area contributed by atoms with Crippen molar-refractivity contribution in [2.45, 2.75) is 19.4 Å². The monoisotopic (exact) mass is 472 g/mol. The van der Waals surface area contributed by atoms with Gasteiger partial charge in [-0.2, -0.15) is 0 Å². The smallest absolute Gasteiger partial charge is 0.255 e. The van der Waals surface area contributed by atoms with Gasteiger partial charge in [0.15, 0.2) is 0 Å². The molecule has 0 aliphatic rings. The zero-order valence-corrected chi connectivity index (χ0v) is 19.6. The highest BCUT2D eigenvalue weighted by Gasteiger charge is 2.24. The van der Waals surface area contributed by atoms with Crippen molar-refractivity contribution in [3.63, 3.8) is 0 Å². The van der Waals surface area contributed by atoms with Crippen molar-refractivity contribution in [3.05, 3.63) is 95.6 Å². The molecule has 0 aliphatic carbocycles. The average molecular weight is 473 g/mol. The largest absolute Gasteiger partial charge is 0.496 e. The summed E-state index contributed by atoms with van der Waals surface area (Å²) < 4.78 is 5.30. The van der Waals surface area contributed by atoms with Gasteiger partial charge < -0.3 is 10.1 Å². The van der Waals surface area contributed by atoms with Crippen LogP contribution in [0.3, 0.4) is 0 Å². The Kier molecular flexibility index (Phi) is 7.29. The molecule has 2 N–H and O–H groups in total. The van der Waals surface area contributed by atoms with Gasteiger partial charge in [-0.1, -0.05) is 83.6 Å². The first-order valence-corrected chi connectivity index (χ1v) is 11.5. The van der Waals surface area contributed by atoms with Crippen molar-refractivity contribution in [2.75, 3.05) is 12.4 Å². The van der Waals surface area contributed by atoms with Crippen molar-refractivity contribution in [1.29, 1.82) is 0 Å². The number of rotatable bonds is 8. The molecule has 2 amide bonds. The first kappa shape index (κ1) is 23.1. The first-order valence-electron chi connectivity index (χ1n) is 10.7. The number of carbonyl (C=O) groups excluding carboxylic acids is 2. The minimum atomic E-state index is -0.827. The van der Waals surface area contributed by atoms with Gasteiger partial charge in [0.2, 0.25) is 11.0 Å². The van der Waals surface area contributed by atoms with E-state index in [-0.39, 0.29) is 5.91 Å². The van der Waals surface area contributed by atoms with Gasteiger partial charge in [-0.25, -0.2) is 0 Å². The highest BCUT2D eigenvalue weighted by Crippen LogP contribution is 2.26. The molecule has 0 radical (unpaired) electrons. The molecule has 0 bridgehead atoms. The number of nitrogens with one attached hydrogen (secondary N) is 2. The van der Waals surface area contributed by atoms with Crippen molar-refractivity contribution < 1.29 is 14.3 Å². The molecule has 1 atom stereocenters. The predicted molar refractivity (Wildman–Crippen MR) is 133 cm³/mol. The van der Waals surface area contributed by atoms with Crippen LogP contribution in [0.25, 0.3) is 10.6 Å². The van der Waals surface area contributed by atoms with Crippen LogP contribution in [0.4, 0.5) is 5.13 Å². The summed E-state index contributed by atoms with van der Waals surface area (Å²) in [7, 11) is 1.50. The zero-order valence-electron chi connectivity index (χ0n) is 18.8. The Hall–Kier alpha value is -4.04. The van der Waals surface area contributed by atoms with Crippen LogP contribution in [-0.2, 0) is 11.2 Å². The molecule has 172 valence electrons. The lowest BCUT2D eigenvalue weighted by Crippen LogP contribution is -2.45. The number of aryl methyl sites for hydroxylation is 1. The number of ether oxygens (including phenoxy) is 1. The Labute approximate surface area is 201 Å². The van der Waals surface area contributed by atoms with Crippen LogP contribution in [0.15, 0.2) is 78.9 Å².